The zero-order valence-corrected chi connectivity index (χ0v) is 13.3. The van der Waals surface area contributed by atoms with Gasteiger partial charge in [0.1, 0.15) is 5.75 Å². The van der Waals surface area contributed by atoms with Gasteiger partial charge >= 0.3 is 0 Å². The number of hydrogen-bond donors (Lipinski definition) is 1. The highest BCUT2D eigenvalue weighted by Crippen LogP contribution is 2.26. The summed E-state index contributed by atoms with van der Waals surface area (Å²) in [5.41, 5.74) is 2.66. The molecule has 2 unspecified atom stereocenters. The normalized spacial score (nSPS) is 24.1. The van der Waals surface area contributed by atoms with Gasteiger partial charge < -0.3 is 15.0 Å². The SMILES string of the molecule is CCC1CCN(c2ccc(OC)cc2C)CC(C)CN1. The zero-order chi connectivity index (χ0) is 14.5. The van der Waals surface area contributed by atoms with E-state index in [1.807, 2.05) is 0 Å². The average Bonchev–Trinajstić information content (AvgIpc) is 2.43. The van der Waals surface area contributed by atoms with Gasteiger partial charge in [0, 0.05) is 24.8 Å². The van der Waals surface area contributed by atoms with E-state index in [0.717, 1.165) is 25.4 Å². The van der Waals surface area contributed by atoms with Crippen LogP contribution in [0.2, 0.25) is 0 Å². The summed E-state index contributed by atoms with van der Waals surface area (Å²) in [5.74, 6) is 1.62. The third-order valence-electron chi connectivity index (χ3n) is 4.27. The summed E-state index contributed by atoms with van der Waals surface area (Å²) in [5, 5.41) is 3.68. The molecule has 0 bridgehead atoms. The van der Waals surface area contributed by atoms with E-state index in [-0.39, 0.29) is 0 Å². The second-order valence-corrected chi connectivity index (χ2v) is 6.01. The van der Waals surface area contributed by atoms with Gasteiger partial charge in [-0.3, -0.25) is 0 Å². The molecule has 1 aliphatic heterocycles. The minimum atomic E-state index is 0.652. The van der Waals surface area contributed by atoms with Crippen LogP contribution in [0.15, 0.2) is 18.2 Å². The lowest BCUT2D eigenvalue weighted by molar-refractivity contribution is 0.387. The number of hydrogen-bond acceptors (Lipinski definition) is 3. The number of nitrogens with zero attached hydrogens (tertiary/aromatic N) is 1. The molecular weight excluding hydrogens is 248 g/mol. The molecule has 0 spiro atoms. The van der Waals surface area contributed by atoms with Gasteiger partial charge in [0.05, 0.1) is 7.11 Å². The molecule has 1 aromatic carbocycles. The van der Waals surface area contributed by atoms with Crippen LogP contribution in [0.5, 0.6) is 5.75 Å². The number of ether oxygens (including phenoxy) is 1. The van der Waals surface area contributed by atoms with Crippen LogP contribution in [0, 0.1) is 12.8 Å². The Balaban J connectivity index is 2.16. The van der Waals surface area contributed by atoms with Crippen molar-refractivity contribution in [3.05, 3.63) is 23.8 Å². The minimum absolute atomic E-state index is 0.652. The second kappa shape index (κ2) is 6.98. The van der Waals surface area contributed by atoms with Crippen molar-refractivity contribution in [3.8, 4) is 5.75 Å². The number of aryl methyl sites for hydroxylation is 1. The van der Waals surface area contributed by atoms with Gasteiger partial charge in [0.2, 0.25) is 0 Å². The summed E-state index contributed by atoms with van der Waals surface area (Å²) in [6.07, 6.45) is 2.43. The molecule has 0 aromatic heterocycles. The fourth-order valence-electron chi connectivity index (χ4n) is 2.99. The maximum atomic E-state index is 5.31. The van der Waals surface area contributed by atoms with E-state index >= 15 is 0 Å². The number of anilines is 1. The molecule has 0 aliphatic carbocycles. The molecule has 2 rings (SSSR count). The molecule has 1 aliphatic rings. The van der Waals surface area contributed by atoms with Gasteiger partial charge in [-0.2, -0.15) is 0 Å². The van der Waals surface area contributed by atoms with Crippen LogP contribution in [0.1, 0.15) is 32.3 Å². The van der Waals surface area contributed by atoms with Crippen molar-refractivity contribution in [2.24, 2.45) is 5.92 Å². The Labute approximate surface area is 123 Å². The van der Waals surface area contributed by atoms with E-state index in [1.165, 1.54) is 24.1 Å². The molecule has 0 saturated carbocycles. The Morgan fingerprint density at radius 3 is 2.85 bits per heavy atom. The van der Waals surface area contributed by atoms with E-state index in [1.54, 1.807) is 7.11 Å². The molecule has 1 heterocycles. The van der Waals surface area contributed by atoms with Crippen molar-refractivity contribution < 1.29 is 4.74 Å². The number of rotatable bonds is 3. The third-order valence-corrected chi connectivity index (χ3v) is 4.27. The Bertz CT molecular complexity index is 433. The highest BCUT2D eigenvalue weighted by atomic mass is 16.5. The molecular formula is C17H28N2O. The first-order valence-corrected chi connectivity index (χ1v) is 7.77. The second-order valence-electron chi connectivity index (χ2n) is 6.01. The van der Waals surface area contributed by atoms with Gasteiger partial charge in [0.15, 0.2) is 0 Å². The summed E-state index contributed by atoms with van der Waals surface area (Å²) in [7, 11) is 1.73. The predicted octanol–water partition coefficient (Wildman–Crippen LogP) is 3.22. The number of nitrogens with one attached hydrogen (secondary N) is 1. The lowest BCUT2D eigenvalue weighted by Gasteiger charge is -2.34. The van der Waals surface area contributed by atoms with E-state index in [2.05, 4.69) is 49.2 Å². The molecule has 1 N–H and O–H groups in total. The summed E-state index contributed by atoms with van der Waals surface area (Å²) in [6, 6.07) is 7.06. The Morgan fingerprint density at radius 1 is 1.40 bits per heavy atom. The molecule has 0 amide bonds. The molecule has 1 saturated heterocycles. The van der Waals surface area contributed by atoms with Crippen molar-refractivity contribution >= 4 is 5.69 Å². The van der Waals surface area contributed by atoms with E-state index in [9.17, 15) is 0 Å². The monoisotopic (exact) mass is 276 g/mol. The van der Waals surface area contributed by atoms with Crippen molar-refractivity contribution in [2.75, 3.05) is 31.6 Å². The first-order valence-electron chi connectivity index (χ1n) is 7.77. The van der Waals surface area contributed by atoms with E-state index in [0.29, 0.717) is 12.0 Å². The van der Waals surface area contributed by atoms with Crippen LogP contribution in [-0.2, 0) is 0 Å². The fourth-order valence-corrected chi connectivity index (χ4v) is 2.99. The van der Waals surface area contributed by atoms with Gasteiger partial charge in [-0.1, -0.05) is 13.8 Å². The largest absolute Gasteiger partial charge is 0.497 e. The van der Waals surface area contributed by atoms with Crippen molar-refractivity contribution in [3.63, 3.8) is 0 Å². The Kier molecular flexibility index (Phi) is 5.30. The topological polar surface area (TPSA) is 24.5 Å². The quantitative estimate of drug-likeness (QED) is 0.917. The molecule has 112 valence electrons. The molecule has 2 atom stereocenters. The first-order chi connectivity index (χ1) is 9.63. The number of methoxy groups -OCH3 is 1. The molecule has 1 fully saturated rings. The van der Waals surface area contributed by atoms with Crippen LogP contribution in [0.25, 0.3) is 0 Å². The van der Waals surface area contributed by atoms with Crippen LogP contribution >= 0.6 is 0 Å². The zero-order valence-electron chi connectivity index (χ0n) is 13.3. The molecule has 3 heteroatoms. The molecule has 1 aromatic rings. The maximum absolute atomic E-state index is 5.31. The van der Waals surface area contributed by atoms with Crippen molar-refractivity contribution in [2.45, 2.75) is 39.7 Å². The Morgan fingerprint density at radius 2 is 2.20 bits per heavy atom. The lowest BCUT2D eigenvalue weighted by atomic mass is 10.0. The number of benzene rings is 1. The average molecular weight is 276 g/mol. The summed E-state index contributed by atoms with van der Waals surface area (Å²) in [6.45, 7) is 10.1. The molecule has 20 heavy (non-hydrogen) atoms. The van der Waals surface area contributed by atoms with E-state index < -0.39 is 0 Å². The highest BCUT2D eigenvalue weighted by molar-refractivity contribution is 5.56. The van der Waals surface area contributed by atoms with Gasteiger partial charge in [-0.05, 0) is 56.0 Å². The van der Waals surface area contributed by atoms with Crippen LogP contribution in [0.4, 0.5) is 5.69 Å². The lowest BCUT2D eigenvalue weighted by Crippen LogP contribution is -2.43. The van der Waals surface area contributed by atoms with Crippen molar-refractivity contribution in [1.82, 2.24) is 5.32 Å². The molecule has 3 nitrogen and oxygen atoms in total. The maximum Gasteiger partial charge on any atom is 0.119 e. The van der Waals surface area contributed by atoms with Gasteiger partial charge in [0.25, 0.3) is 0 Å². The fraction of sp³-hybridized carbons (Fsp3) is 0.647. The first kappa shape index (κ1) is 15.2. The van der Waals surface area contributed by atoms with Gasteiger partial charge in [-0.15, -0.1) is 0 Å². The van der Waals surface area contributed by atoms with Crippen LogP contribution < -0.4 is 15.0 Å². The smallest absolute Gasteiger partial charge is 0.119 e. The van der Waals surface area contributed by atoms with Crippen LogP contribution in [-0.4, -0.2) is 32.8 Å². The third kappa shape index (κ3) is 3.66. The van der Waals surface area contributed by atoms with E-state index in [4.69, 9.17) is 4.74 Å². The minimum Gasteiger partial charge on any atom is -0.497 e. The van der Waals surface area contributed by atoms with Crippen LogP contribution in [0.3, 0.4) is 0 Å². The van der Waals surface area contributed by atoms with Gasteiger partial charge in [-0.25, -0.2) is 0 Å². The standard InChI is InChI=1S/C17H28N2O/c1-5-15-8-9-19(12-13(2)11-18-15)17-7-6-16(20-4)10-14(17)3/h6-7,10,13,15,18H,5,8-9,11-12H2,1-4H3. The summed E-state index contributed by atoms with van der Waals surface area (Å²) in [4.78, 5) is 2.54. The Hall–Kier alpha value is -1.22. The predicted molar refractivity (Wildman–Crippen MR) is 85.8 cm³/mol. The van der Waals surface area contributed by atoms with Crippen molar-refractivity contribution in [1.29, 1.82) is 0 Å². The summed E-state index contributed by atoms with van der Waals surface area (Å²) >= 11 is 0. The summed E-state index contributed by atoms with van der Waals surface area (Å²) < 4.78 is 5.31. The molecule has 0 radical (unpaired) electrons. The highest BCUT2D eigenvalue weighted by Gasteiger charge is 2.19.